The standard InChI is InChI=1S/C45H30N4O/c1-5-15-31(16-6-1)32-25-27-36(28-26-32)49(35-21-11-4-12-22-35)39-30-29-38(41-37-23-13-14-24-40(37)50-42(39)41)45-47-43(33-17-7-2-8-18-33)46-44(48-45)34-19-9-3-10-20-34/h1-30H. The van der Waals surface area contributed by atoms with Gasteiger partial charge < -0.3 is 9.32 Å². The predicted molar refractivity (Wildman–Crippen MR) is 204 cm³/mol. The number of furan rings is 1. The smallest absolute Gasteiger partial charge is 0.164 e. The van der Waals surface area contributed by atoms with Crippen LogP contribution in [-0.4, -0.2) is 15.0 Å². The molecular formula is C45H30N4O. The molecule has 0 bridgehead atoms. The highest BCUT2D eigenvalue weighted by Gasteiger charge is 2.24. The van der Waals surface area contributed by atoms with Gasteiger partial charge in [-0.3, -0.25) is 0 Å². The minimum Gasteiger partial charge on any atom is -0.454 e. The molecule has 0 fully saturated rings. The van der Waals surface area contributed by atoms with Crippen LogP contribution in [0.5, 0.6) is 0 Å². The van der Waals surface area contributed by atoms with E-state index >= 15 is 0 Å². The minimum absolute atomic E-state index is 0.583. The van der Waals surface area contributed by atoms with Gasteiger partial charge in [0.05, 0.1) is 5.69 Å². The molecule has 0 saturated heterocycles. The summed E-state index contributed by atoms with van der Waals surface area (Å²) in [5.74, 6) is 1.81. The van der Waals surface area contributed by atoms with Crippen LogP contribution >= 0.6 is 0 Å². The van der Waals surface area contributed by atoms with Gasteiger partial charge >= 0.3 is 0 Å². The minimum atomic E-state index is 0.583. The largest absolute Gasteiger partial charge is 0.454 e. The van der Waals surface area contributed by atoms with Crippen LogP contribution < -0.4 is 4.90 Å². The Bertz CT molecular complexity index is 2510. The first-order chi connectivity index (χ1) is 24.8. The molecule has 0 unspecified atom stereocenters. The van der Waals surface area contributed by atoms with Crippen LogP contribution in [-0.2, 0) is 0 Å². The maximum atomic E-state index is 6.78. The molecule has 236 valence electrons. The molecule has 0 aliphatic heterocycles. The molecule has 9 aromatic rings. The van der Waals surface area contributed by atoms with Crippen LogP contribution in [0.3, 0.4) is 0 Å². The fourth-order valence-electron chi connectivity index (χ4n) is 6.54. The van der Waals surface area contributed by atoms with Gasteiger partial charge in [-0.05, 0) is 53.6 Å². The first-order valence-corrected chi connectivity index (χ1v) is 16.6. The monoisotopic (exact) mass is 642 g/mol. The zero-order valence-electron chi connectivity index (χ0n) is 27.0. The maximum absolute atomic E-state index is 6.78. The van der Waals surface area contributed by atoms with E-state index in [-0.39, 0.29) is 0 Å². The summed E-state index contributed by atoms with van der Waals surface area (Å²) in [5.41, 5.74) is 9.56. The maximum Gasteiger partial charge on any atom is 0.164 e. The molecule has 0 aliphatic rings. The molecule has 5 heteroatoms. The molecule has 50 heavy (non-hydrogen) atoms. The second-order valence-corrected chi connectivity index (χ2v) is 12.1. The van der Waals surface area contributed by atoms with Gasteiger partial charge in [0.2, 0.25) is 0 Å². The lowest BCUT2D eigenvalue weighted by molar-refractivity contribution is 0.669. The topological polar surface area (TPSA) is 55.1 Å². The van der Waals surface area contributed by atoms with E-state index in [1.807, 2.05) is 91.0 Å². The highest BCUT2D eigenvalue weighted by Crippen LogP contribution is 2.45. The highest BCUT2D eigenvalue weighted by molar-refractivity contribution is 6.16. The summed E-state index contributed by atoms with van der Waals surface area (Å²) < 4.78 is 6.78. The van der Waals surface area contributed by atoms with Crippen LogP contribution in [0.4, 0.5) is 17.1 Å². The van der Waals surface area contributed by atoms with Crippen LogP contribution in [0.25, 0.3) is 67.2 Å². The van der Waals surface area contributed by atoms with Crippen molar-refractivity contribution in [3.8, 4) is 45.3 Å². The van der Waals surface area contributed by atoms with Gasteiger partial charge in [-0.1, -0.05) is 140 Å². The SMILES string of the molecule is c1ccc(-c2ccc(N(c3ccccc3)c3ccc(-c4nc(-c5ccccc5)nc(-c5ccccc5)n4)c4c3oc3ccccc34)cc2)cc1. The number of rotatable bonds is 7. The Labute approximate surface area is 289 Å². The fourth-order valence-corrected chi connectivity index (χ4v) is 6.54. The van der Waals surface area contributed by atoms with Gasteiger partial charge in [-0.2, -0.15) is 0 Å². The van der Waals surface area contributed by atoms with E-state index < -0.39 is 0 Å². The molecule has 0 spiro atoms. The van der Waals surface area contributed by atoms with Crippen molar-refractivity contribution in [3.05, 3.63) is 182 Å². The third-order valence-electron chi connectivity index (χ3n) is 8.93. The number of hydrogen-bond donors (Lipinski definition) is 0. The molecule has 0 radical (unpaired) electrons. The Morgan fingerprint density at radius 2 is 0.860 bits per heavy atom. The number of para-hydroxylation sites is 2. The van der Waals surface area contributed by atoms with Crippen LogP contribution in [0.2, 0.25) is 0 Å². The van der Waals surface area contributed by atoms with Crippen molar-refractivity contribution in [1.82, 2.24) is 15.0 Å². The Morgan fingerprint density at radius 1 is 0.380 bits per heavy atom. The normalized spacial score (nSPS) is 11.2. The number of fused-ring (bicyclic) bond motifs is 3. The molecule has 7 aromatic carbocycles. The summed E-state index contributed by atoms with van der Waals surface area (Å²) in [5, 5.41) is 1.94. The molecule has 0 N–H and O–H groups in total. The van der Waals surface area contributed by atoms with Crippen LogP contribution in [0.1, 0.15) is 0 Å². The molecule has 0 atom stereocenters. The van der Waals surface area contributed by atoms with Crippen molar-refractivity contribution in [2.75, 3.05) is 4.90 Å². The summed E-state index contributed by atoms with van der Waals surface area (Å²) in [7, 11) is 0. The summed E-state index contributed by atoms with van der Waals surface area (Å²) in [6.45, 7) is 0. The lowest BCUT2D eigenvalue weighted by Crippen LogP contribution is -2.10. The Morgan fingerprint density at radius 3 is 1.48 bits per heavy atom. The summed E-state index contributed by atoms with van der Waals surface area (Å²) >= 11 is 0. The van der Waals surface area contributed by atoms with E-state index in [0.717, 1.165) is 61.3 Å². The van der Waals surface area contributed by atoms with E-state index in [0.29, 0.717) is 17.5 Å². The Kier molecular flexibility index (Phi) is 7.41. The lowest BCUT2D eigenvalue weighted by atomic mass is 10.0. The average Bonchev–Trinajstić information content (AvgIpc) is 3.60. The van der Waals surface area contributed by atoms with Gasteiger partial charge in [0.1, 0.15) is 5.58 Å². The Hall–Kier alpha value is -6.85. The zero-order chi connectivity index (χ0) is 33.3. The van der Waals surface area contributed by atoms with Crippen molar-refractivity contribution in [1.29, 1.82) is 0 Å². The van der Waals surface area contributed by atoms with Crippen molar-refractivity contribution in [3.63, 3.8) is 0 Å². The van der Waals surface area contributed by atoms with Crippen molar-refractivity contribution < 1.29 is 4.42 Å². The fraction of sp³-hybridized carbons (Fsp3) is 0. The molecule has 0 amide bonds. The summed E-state index contributed by atoms with van der Waals surface area (Å²) in [4.78, 5) is 17.4. The van der Waals surface area contributed by atoms with Crippen LogP contribution in [0, 0.1) is 0 Å². The first kappa shape index (κ1) is 29.3. The number of nitrogens with zero attached hydrogens (tertiary/aromatic N) is 4. The lowest BCUT2D eigenvalue weighted by Gasteiger charge is -2.26. The van der Waals surface area contributed by atoms with Gasteiger partial charge in [0.25, 0.3) is 0 Å². The molecular weight excluding hydrogens is 613 g/mol. The first-order valence-electron chi connectivity index (χ1n) is 16.6. The van der Waals surface area contributed by atoms with E-state index in [2.05, 4.69) is 95.9 Å². The van der Waals surface area contributed by atoms with Crippen molar-refractivity contribution >= 4 is 39.0 Å². The van der Waals surface area contributed by atoms with Crippen LogP contribution in [0.15, 0.2) is 186 Å². The molecule has 2 aromatic heterocycles. The molecule has 0 saturated carbocycles. The molecule has 5 nitrogen and oxygen atoms in total. The second kappa shape index (κ2) is 12.6. The third-order valence-corrected chi connectivity index (χ3v) is 8.93. The van der Waals surface area contributed by atoms with E-state index in [1.165, 1.54) is 5.56 Å². The molecule has 0 aliphatic carbocycles. The van der Waals surface area contributed by atoms with E-state index in [1.54, 1.807) is 0 Å². The second-order valence-electron chi connectivity index (χ2n) is 12.1. The molecule has 2 heterocycles. The predicted octanol–water partition coefficient (Wildman–Crippen LogP) is 11.9. The van der Waals surface area contributed by atoms with Gasteiger partial charge in [0.15, 0.2) is 23.1 Å². The third kappa shape index (κ3) is 5.37. The van der Waals surface area contributed by atoms with Gasteiger partial charge in [-0.15, -0.1) is 0 Å². The van der Waals surface area contributed by atoms with Gasteiger partial charge in [0, 0.05) is 38.8 Å². The Balaban J connectivity index is 1.27. The van der Waals surface area contributed by atoms with Crippen molar-refractivity contribution in [2.45, 2.75) is 0 Å². The van der Waals surface area contributed by atoms with Gasteiger partial charge in [-0.25, -0.2) is 15.0 Å². The number of aromatic nitrogens is 3. The van der Waals surface area contributed by atoms with E-state index in [9.17, 15) is 0 Å². The van der Waals surface area contributed by atoms with E-state index in [4.69, 9.17) is 19.4 Å². The van der Waals surface area contributed by atoms with Crippen molar-refractivity contribution in [2.24, 2.45) is 0 Å². The quantitative estimate of drug-likeness (QED) is 0.173. The summed E-state index contributed by atoms with van der Waals surface area (Å²) in [6, 6.07) is 62.1. The average molecular weight is 643 g/mol. The summed E-state index contributed by atoms with van der Waals surface area (Å²) in [6.07, 6.45) is 0. The zero-order valence-corrected chi connectivity index (χ0v) is 27.0. The number of benzene rings is 7. The number of anilines is 3. The number of hydrogen-bond acceptors (Lipinski definition) is 5. The molecule has 9 rings (SSSR count). The highest BCUT2D eigenvalue weighted by atomic mass is 16.3.